The molecule has 2 N–H and O–H groups in total. The molecular formula is C19H15N3O4. The van der Waals surface area contributed by atoms with E-state index in [1.807, 2.05) is 30.3 Å². The summed E-state index contributed by atoms with van der Waals surface area (Å²) < 4.78 is 10.7. The number of ether oxygens (including phenoxy) is 1. The van der Waals surface area contributed by atoms with E-state index in [0.717, 1.165) is 5.56 Å². The Kier molecular flexibility index (Phi) is 3.89. The van der Waals surface area contributed by atoms with Gasteiger partial charge in [0.25, 0.3) is 11.8 Å². The molecule has 7 nitrogen and oxygen atoms in total. The van der Waals surface area contributed by atoms with E-state index in [4.69, 9.17) is 9.26 Å². The Morgan fingerprint density at radius 1 is 1.15 bits per heavy atom. The van der Waals surface area contributed by atoms with Crippen LogP contribution in [-0.4, -0.2) is 23.1 Å². The SMILES string of the molecule is C[C@H]1Oc2ccc(NC(=O)c3cc(-c4ccccc4)on3)cc2NC1=O. The zero-order valence-corrected chi connectivity index (χ0v) is 13.9. The Bertz CT molecular complexity index is 981. The fraction of sp³-hybridized carbons (Fsp3) is 0.105. The number of benzene rings is 2. The molecule has 2 aromatic carbocycles. The molecule has 0 saturated carbocycles. The van der Waals surface area contributed by atoms with Crippen LogP contribution in [0.15, 0.2) is 59.1 Å². The third kappa shape index (κ3) is 3.02. The van der Waals surface area contributed by atoms with Crippen molar-refractivity contribution in [2.75, 3.05) is 10.6 Å². The number of anilines is 2. The highest BCUT2D eigenvalue weighted by Gasteiger charge is 2.24. The minimum absolute atomic E-state index is 0.162. The Hall–Kier alpha value is -3.61. The number of rotatable bonds is 3. The molecule has 0 spiro atoms. The van der Waals surface area contributed by atoms with Gasteiger partial charge in [-0.3, -0.25) is 9.59 Å². The molecule has 0 radical (unpaired) electrons. The van der Waals surface area contributed by atoms with Gasteiger partial charge in [-0.05, 0) is 25.1 Å². The van der Waals surface area contributed by atoms with Crippen molar-refractivity contribution in [1.82, 2.24) is 5.16 Å². The first kappa shape index (κ1) is 15.9. The molecule has 1 atom stereocenters. The van der Waals surface area contributed by atoms with E-state index in [1.54, 1.807) is 31.2 Å². The van der Waals surface area contributed by atoms with Gasteiger partial charge in [0.2, 0.25) is 0 Å². The van der Waals surface area contributed by atoms with Crippen molar-refractivity contribution < 1.29 is 18.8 Å². The standard InChI is InChI=1S/C19H15N3O4/c1-11-18(23)21-14-9-13(7-8-16(14)25-11)20-19(24)15-10-17(26-22-15)12-5-3-2-4-6-12/h2-11H,1H3,(H,20,24)(H,21,23)/t11-/m1/s1. The lowest BCUT2D eigenvalue weighted by atomic mass is 10.1. The van der Waals surface area contributed by atoms with Crippen molar-refractivity contribution in [3.8, 4) is 17.1 Å². The van der Waals surface area contributed by atoms with Crippen LogP contribution in [-0.2, 0) is 4.79 Å². The molecule has 4 rings (SSSR count). The van der Waals surface area contributed by atoms with Crippen LogP contribution in [0.4, 0.5) is 11.4 Å². The number of hydrogen-bond acceptors (Lipinski definition) is 5. The quantitative estimate of drug-likeness (QED) is 0.757. The van der Waals surface area contributed by atoms with E-state index in [1.165, 1.54) is 0 Å². The minimum atomic E-state index is -0.547. The van der Waals surface area contributed by atoms with Crippen molar-refractivity contribution in [3.05, 3.63) is 60.3 Å². The monoisotopic (exact) mass is 349 g/mol. The van der Waals surface area contributed by atoms with Gasteiger partial charge < -0.3 is 19.9 Å². The van der Waals surface area contributed by atoms with Crippen LogP contribution in [0.3, 0.4) is 0 Å². The summed E-state index contributed by atoms with van der Waals surface area (Å²) in [6, 6.07) is 16.0. The minimum Gasteiger partial charge on any atom is -0.479 e. The van der Waals surface area contributed by atoms with Crippen molar-refractivity contribution in [2.45, 2.75) is 13.0 Å². The molecule has 2 amide bonds. The Morgan fingerprint density at radius 3 is 2.77 bits per heavy atom. The molecule has 0 saturated heterocycles. The van der Waals surface area contributed by atoms with Gasteiger partial charge in [-0.25, -0.2) is 0 Å². The topological polar surface area (TPSA) is 93.5 Å². The summed E-state index contributed by atoms with van der Waals surface area (Å²) >= 11 is 0. The predicted octanol–water partition coefficient (Wildman–Crippen LogP) is 3.31. The van der Waals surface area contributed by atoms with E-state index < -0.39 is 12.0 Å². The number of nitrogens with zero attached hydrogens (tertiary/aromatic N) is 1. The lowest BCUT2D eigenvalue weighted by Crippen LogP contribution is -2.34. The lowest BCUT2D eigenvalue weighted by molar-refractivity contribution is -0.122. The number of amides is 2. The molecule has 0 fully saturated rings. The van der Waals surface area contributed by atoms with E-state index in [0.29, 0.717) is 22.9 Å². The normalized spacial score (nSPS) is 15.6. The molecule has 26 heavy (non-hydrogen) atoms. The number of aromatic nitrogens is 1. The lowest BCUT2D eigenvalue weighted by Gasteiger charge is -2.23. The Balaban J connectivity index is 1.51. The third-order valence-corrected chi connectivity index (χ3v) is 3.97. The van der Waals surface area contributed by atoms with Gasteiger partial charge in [-0.2, -0.15) is 0 Å². The second-order valence-electron chi connectivity index (χ2n) is 5.86. The Morgan fingerprint density at radius 2 is 1.96 bits per heavy atom. The van der Waals surface area contributed by atoms with Crippen LogP contribution in [0.1, 0.15) is 17.4 Å². The fourth-order valence-corrected chi connectivity index (χ4v) is 2.60. The molecule has 2 heterocycles. The molecule has 130 valence electrons. The van der Waals surface area contributed by atoms with Crippen LogP contribution >= 0.6 is 0 Å². The number of nitrogens with one attached hydrogen (secondary N) is 2. The molecule has 0 bridgehead atoms. The smallest absolute Gasteiger partial charge is 0.277 e. The van der Waals surface area contributed by atoms with E-state index >= 15 is 0 Å². The largest absolute Gasteiger partial charge is 0.479 e. The van der Waals surface area contributed by atoms with Gasteiger partial charge in [0.15, 0.2) is 17.6 Å². The van der Waals surface area contributed by atoms with Crippen LogP contribution in [0.25, 0.3) is 11.3 Å². The van der Waals surface area contributed by atoms with Gasteiger partial charge in [-0.1, -0.05) is 35.5 Å². The molecular weight excluding hydrogens is 334 g/mol. The van der Waals surface area contributed by atoms with Crippen LogP contribution in [0.2, 0.25) is 0 Å². The number of fused-ring (bicyclic) bond motifs is 1. The highest BCUT2D eigenvalue weighted by Crippen LogP contribution is 2.32. The van der Waals surface area contributed by atoms with Crippen LogP contribution in [0, 0.1) is 0 Å². The third-order valence-electron chi connectivity index (χ3n) is 3.97. The summed E-state index contributed by atoms with van der Waals surface area (Å²) in [5.41, 5.74) is 2.02. The second-order valence-corrected chi connectivity index (χ2v) is 5.86. The van der Waals surface area contributed by atoms with E-state index in [-0.39, 0.29) is 11.6 Å². The maximum Gasteiger partial charge on any atom is 0.277 e. The maximum absolute atomic E-state index is 12.4. The molecule has 1 aliphatic heterocycles. The summed E-state index contributed by atoms with van der Waals surface area (Å²) in [6.45, 7) is 1.67. The molecule has 0 unspecified atom stereocenters. The molecule has 1 aliphatic rings. The Labute approximate surface area is 149 Å². The summed E-state index contributed by atoms with van der Waals surface area (Å²) in [5.74, 6) is 0.427. The maximum atomic E-state index is 12.4. The molecule has 7 heteroatoms. The number of hydrogen-bond donors (Lipinski definition) is 2. The first-order chi connectivity index (χ1) is 12.6. The summed E-state index contributed by atoms with van der Waals surface area (Å²) in [5, 5.41) is 9.29. The van der Waals surface area contributed by atoms with E-state index in [2.05, 4.69) is 15.8 Å². The second kappa shape index (κ2) is 6.36. The zero-order valence-electron chi connectivity index (χ0n) is 13.9. The van der Waals surface area contributed by atoms with Crippen molar-refractivity contribution >= 4 is 23.2 Å². The van der Waals surface area contributed by atoms with Crippen molar-refractivity contribution in [3.63, 3.8) is 0 Å². The highest BCUT2D eigenvalue weighted by atomic mass is 16.5. The summed E-state index contributed by atoms with van der Waals surface area (Å²) in [7, 11) is 0. The van der Waals surface area contributed by atoms with Crippen LogP contribution in [0.5, 0.6) is 5.75 Å². The first-order valence-electron chi connectivity index (χ1n) is 8.05. The fourth-order valence-electron chi connectivity index (χ4n) is 2.60. The molecule has 1 aromatic heterocycles. The average Bonchev–Trinajstić information content (AvgIpc) is 3.14. The predicted molar refractivity (Wildman–Crippen MR) is 95.1 cm³/mol. The summed E-state index contributed by atoms with van der Waals surface area (Å²) in [6.07, 6.45) is -0.547. The van der Waals surface area contributed by atoms with Crippen LogP contribution < -0.4 is 15.4 Å². The number of carbonyl (C=O) groups is 2. The van der Waals surface area contributed by atoms with Gasteiger partial charge >= 0.3 is 0 Å². The van der Waals surface area contributed by atoms with Crippen molar-refractivity contribution in [2.24, 2.45) is 0 Å². The number of carbonyl (C=O) groups excluding carboxylic acids is 2. The van der Waals surface area contributed by atoms with E-state index in [9.17, 15) is 9.59 Å². The molecule has 3 aromatic rings. The summed E-state index contributed by atoms with van der Waals surface area (Å²) in [4.78, 5) is 24.1. The zero-order chi connectivity index (χ0) is 18.1. The van der Waals surface area contributed by atoms with Crippen molar-refractivity contribution in [1.29, 1.82) is 0 Å². The average molecular weight is 349 g/mol. The highest BCUT2D eigenvalue weighted by molar-refractivity contribution is 6.04. The first-order valence-corrected chi connectivity index (χ1v) is 8.05. The van der Waals surface area contributed by atoms with Gasteiger partial charge in [0.1, 0.15) is 5.75 Å². The van der Waals surface area contributed by atoms with Gasteiger partial charge in [0, 0.05) is 17.3 Å². The molecule has 0 aliphatic carbocycles. The van der Waals surface area contributed by atoms with Gasteiger partial charge in [0.05, 0.1) is 5.69 Å². The van der Waals surface area contributed by atoms with Gasteiger partial charge in [-0.15, -0.1) is 0 Å².